The van der Waals surface area contributed by atoms with Gasteiger partial charge in [-0.15, -0.1) is 0 Å². The van der Waals surface area contributed by atoms with Crippen LogP contribution in [-0.4, -0.2) is 9.55 Å². The highest BCUT2D eigenvalue weighted by molar-refractivity contribution is 6.26. The minimum atomic E-state index is 0.843. The van der Waals surface area contributed by atoms with Gasteiger partial charge in [0.1, 0.15) is 17.0 Å². The summed E-state index contributed by atoms with van der Waals surface area (Å²) in [5.74, 6) is 1.06. The highest BCUT2D eigenvalue weighted by Crippen LogP contribution is 2.48. The molecule has 50 heavy (non-hydrogen) atoms. The zero-order valence-corrected chi connectivity index (χ0v) is 27.6. The van der Waals surface area contributed by atoms with Crippen LogP contribution in [-0.2, 0) is 6.42 Å². The van der Waals surface area contributed by atoms with Gasteiger partial charge < -0.3 is 4.42 Å². The molecule has 3 nitrogen and oxygen atoms in total. The smallest absolute Gasteiger partial charge is 0.136 e. The fourth-order valence-corrected chi connectivity index (χ4v) is 7.97. The number of furan rings is 1. The molecule has 8 aromatic carbocycles. The third-order valence-corrected chi connectivity index (χ3v) is 10.1. The highest BCUT2D eigenvalue weighted by atomic mass is 16.3. The zero-order chi connectivity index (χ0) is 33.2. The predicted molar refractivity (Wildman–Crippen MR) is 209 cm³/mol. The van der Waals surface area contributed by atoms with Crippen LogP contribution in [0.5, 0.6) is 0 Å². The lowest BCUT2D eigenvalue weighted by Crippen LogP contribution is -2.00. The molecule has 0 saturated carbocycles. The molecule has 0 radical (unpaired) electrons. The standard InChI is InChI=1S/C47H32N2O/c1-2-44-48-40-22-9-10-23-41(40)49(44)33-17-12-16-32(28-33)45-34-18-6-7-19-35(34)46(39-29-31(26-27-36(39)45)30-14-4-3-5-15-30)38-21-13-25-43-47(38)37-20-8-11-24-42(37)50-43/h3-29H,2H2,1H3. The number of benzene rings is 8. The largest absolute Gasteiger partial charge is 0.456 e. The molecule has 0 aliphatic heterocycles. The lowest BCUT2D eigenvalue weighted by molar-refractivity contribution is 0.669. The van der Waals surface area contributed by atoms with E-state index in [-0.39, 0.29) is 0 Å². The summed E-state index contributed by atoms with van der Waals surface area (Å²) >= 11 is 0. The van der Waals surface area contributed by atoms with E-state index in [0.717, 1.165) is 50.9 Å². The van der Waals surface area contributed by atoms with Gasteiger partial charge in [-0.2, -0.15) is 0 Å². The van der Waals surface area contributed by atoms with Crippen molar-refractivity contribution in [3.05, 3.63) is 170 Å². The SMILES string of the molecule is CCc1nc2ccccc2n1-c1cccc(-c2c3ccccc3c(-c3cccc4oc5ccccc5c34)c3cc(-c4ccccc4)ccc23)c1. The molecule has 0 atom stereocenters. The van der Waals surface area contributed by atoms with E-state index in [9.17, 15) is 0 Å². The van der Waals surface area contributed by atoms with E-state index in [0.29, 0.717) is 0 Å². The second kappa shape index (κ2) is 11.3. The number of aryl methyl sites for hydroxylation is 1. The molecule has 0 aliphatic rings. The third-order valence-electron chi connectivity index (χ3n) is 10.1. The number of para-hydroxylation sites is 3. The number of imidazole rings is 1. The molecule has 0 unspecified atom stereocenters. The number of fused-ring (bicyclic) bond motifs is 6. The Balaban J connectivity index is 1.32. The van der Waals surface area contributed by atoms with Gasteiger partial charge in [-0.1, -0.05) is 128 Å². The first kappa shape index (κ1) is 28.6. The van der Waals surface area contributed by atoms with E-state index in [1.807, 2.05) is 6.07 Å². The quantitative estimate of drug-likeness (QED) is 0.175. The first-order valence-electron chi connectivity index (χ1n) is 17.3. The Labute approximate surface area is 289 Å². The number of nitrogens with zero attached hydrogens (tertiary/aromatic N) is 2. The molecule has 2 aromatic heterocycles. The van der Waals surface area contributed by atoms with E-state index in [1.165, 1.54) is 54.9 Å². The summed E-state index contributed by atoms with van der Waals surface area (Å²) in [5, 5.41) is 7.14. The Hall–Kier alpha value is -6.45. The minimum absolute atomic E-state index is 0.843. The van der Waals surface area contributed by atoms with Crippen LogP contribution in [0.4, 0.5) is 0 Å². The first-order chi connectivity index (χ1) is 24.8. The summed E-state index contributed by atoms with van der Waals surface area (Å²) < 4.78 is 8.73. The maximum absolute atomic E-state index is 6.42. The Kier molecular flexibility index (Phi) is 6.47. The maximum atomic E-state index is 6.42. The maximum Gasteiger partial charge on any atom is 0.136 e. The molecule has 10 aromatic rings. The molecule has 3 heteroatoms. The Morgan fingerprint density at radius 1 is 0.500 bits per heavy atom. The van der Waals surface area contributed by atoms with Crippen molar-refractivity contribution in [3.63, 3.8) is 0 Å². The van der Waals surface area contributed by atoms with Crippen molar-refractivity contribution in [2.45, 2.75) is 13.3 Å². The van der Waals surface area contributed by atoms with Gasteiger partial charge in [0.2, 0.25) is 0 Å². The highest BCUT2D eigenvalue weighted by Gasteiger charge is 2.21. The van der Waals surface area contributed by atoms with Crippen LogP contribution in [0.1, 0.15) is 12.7 Å². The molecule has 0 amide bonds. The van der Waals surface area contributed by atoms with Crippen LogP contribution in [0, 0.1) is 0 Å². The van der Waals surface area contributed by atoms with Gasteiger partial charge >= 0.3 is 0 Å². The summed E-state index contributed by atoms with van der Waals surface area (Å²) in [5.41, 5.74) is 12.3. The number of aromatic nitrogens is 2. The average molecular weight is 641 g/mol. The van der Waals surface area contributed by atoms with Gasteiger partial charge in [0, 0.05) is 22.9 Å². The van der Waals surface area contributed by atoms with E-state index in [4.69, 9.17) is 9.40 Å². The van der Waals surface area contributed by atoms with E-state index < -0.39 is 0 Å². The second-order valence-electron chi connectivity index (χ2n) is 13.0. The molecule has 0 saturated heterocycles. The molecule has 0 fully saturated rings. The zero-order valence-electron chi connectivity index (χ0n) is 27.6. The van der Waals surface area contributed by atoms with E-state index in [2.05, 4.69) is 169 Å². The third kappa shape index (κ3) is 4.33. The molecular formula is C47H32N2O. The topological polar surface area (TPSA) is 31.0 Å². The summed E-state index contributed by atoms with van der Waals surface area (Å²) in [7, 11) is 0. The van der Waals surface area contributed by atoms with Crippen LogP contribution in [0.3, 0.4) is 0 Å². The molecule has 2 heterocycles. The van der Waals surface area contributed by atoms with Gasteiger partial charge in [0.05, 0.1) is 11.0 Å². The summed E-state index contributed by atoms with van der Waals surface area (Å²) in [6, 6.07) is 58.8. The number of rotatable bonds is 5. The molecular weight excluding hydrogens is 609 g/mol. The Morgan fingerprint density at radius 2 is 1.18 bits per heavy atom. The number of hydrogen-bond acceptors (Lipinski definition) is 2. The van der Waals surface area contributed by atoms with Crippen LogP contribution in [0.2, 0.25) is 0 Å². The summed E-state index contributed by atoms with van der Waals surface area (Å²) in [6.45, 7) is 2.18. The fraction of sp³-hybridized carbons (Fsp3) is 0.0426. The van der Waals surface area contributed by atoms with Crippen LogP contribution < -0.4 is 0 Å². The van der Waals surface area contributed by atoms with Crippen molar-refractivity contribution in [1.29, 1.82) is 0 Å². The molecule has 0 bridgehead atoms. The van der Waals surface area contributed by atoms with Crippen LogP contribution >= 0.6 is 0 Å². The molecule has 0 N–H and O–H groups in total. The van der Waals surface area contributed by atoms with Crippen molar-refractivity contribution in [3.8, 4) is 39.1 Å². The normalized spacial score (nSPS) is 11.8. The van der Waals surface area contributed by atoms with Gasteiger partial charge in [-0.25, -0.2) is 4.98 Å². The van der Waals surface area contributed by atoms with Crippen molar-refractivity contribution in [2.75, 3.05) is 0 Å². The second-order valence-corrected chi connectivity index (χ2v) is 13.0. The van der Waals surface area contributed by atoms with E-state index >= 15 is 0 Å². The molecule has 10 rings (SSSR count). The molecule has 0 spiro atoms. The average Bonchev–Trinajstić information content (AvgIpc) is 3.76. The van der Waals surface area contributed by atoms with Crippen molar-refractivity contribution < 1.29 is 4.42 Å². The molecule has 236 valence electrons. The lowest BCUT2D eigenvalue weighted by atomic mass is 9.84. The minimum Gasteiger partial charge on any atom is -0.456 e. The van der Waals surface area contributed by atoms with E-state index in [1.54, 1.807) is 0 Å². The van der Waals surface area contributed by atoms with Crippen LogP contribution in [0.25, 0.3) is 93.6 Å². The summed E-state index contributed by atoms with van der Waals surface area (Å²) in [4.78, 5) is 4.99. The van der Waals surface area contributed by atoms with Gasteiger partial charge in [-0.3, -0.25) is 4.57 Å². The van der Waals surface area contributed by atoms with Crippen molar-refractivity contribution in [1.82, 2.24) is 9.55 Å². The monoisotopic (exact) mass is 640 g/mol. The predicted octanol–water partition coefficient (Wildman–Crippen LogP) is 12.8. The molecule has 0 aliphatic carbocycles. The van der Waals surface area contributed by atoms with Gasteiger partial charge in [0.25, 0.3) is 0 Å². The van der Waals surface area contributed by atoms with Crippen molar-refractivity contribution in [2.24, 2.45) is 0 Å². The van der Waals surface area contributed by atoms with Gasteiger partial charge in [-0.05, 0) is 97.4 Å². The van der Waals surface area contributed by atoms with Crippen LogP contribution in [0.15, 0.2) is 168 Å². The number of hydrogen-bond donors (Lipinski definition) is 0. The Morgan fingerprint density at radius 3 is 2.04 bits per heavy atom. The van der Waals surface area contributed by atoms with Crippen molar-refractivity contribution >= 4 is 54.5 Å². The van der Waals surface area contributed by atoms with Gasteiger partial charge in [0.15, 0.2) is 0 Å². The lowest BCUT2D eigenvalue weighted by Gasteiger charge is -2.20. The Bertz CT molecular complexity index is 2910. The summed E-state index contributed by atoms with van der Waals surface area (Å²) in [6.07, 6.45) is 0.843. The first-order valence-corrected chi connectivity index (χ1v) is 17.3. The fourth-order valence-electron chi connectivity index (χ4n) is 7.97.